The Balaban J connectivity index is 1.76. The molecule has 2 atom stereocenters. The highest BCUT2D eigenvalue weighted by Gasteiger charge is 2.38. The van der Waals surface area contributed by atoms with E-state index < -0.39 is 57.6 Å². The molecule has 0 bridgehead atoms. The van der Waals surface area contributed by atoms with Gasteiger partial charge in [-0.05, 0) is 23.8 Å². The molecule has 2 aromatic rings. The van der Waals surface area contributed by atoms with Crippen molar-refractivity contribution in [1.29, 1.82) is 0 Å². The second kappa shape index (κ2) is 10.0. The first-order chi connectivity index (χ1) is 15.2. The molecule has 0 aliphatic carbocycles. The summed E-state index contributed by atoms with van der Waals surface area (Å²) in [5.41, 5.74) is 5.92. The Morgan fingerprint density at radius 3 is 2.31 bits per heavy atom. The summed E-state index contributed by atoms with van der Waals surface area (Å²) in [5, 5.41) is 13.2. The van der Waals surface area contributed by atoms with Crippen LogP contribution in [0.3, 0.4) is 0 Å². The minimum Gasteiger partial charge on any atom is -0.390 e. The van der Waals surface area contributed by atoms with Crippen LogP contribution >= 0.6 is 0 Å². The number of rotatable bonds is 8. The summed E-state index contributed by atoms with van der Waals surface area (Å²) < 4.78 is 25.3. The molecule has 32 heavy (non-hydrogen) atoms. The number of imide groups is 1. The summed E-state index contributed by atoms with van der Waals surface area (Å²) in [5.74, 6) is -3.01. The molecule has 1 aliphatic heterocycles. The van der Waals surface area contributed by atoms with Gasteiger partial charge < -0.3 is 16.2 Å². The Bertz CT molecular complexity index is 1100. The Morgan fingerprint density at radius 2 is 1.69 bits per heavy atom. The number of hydrogen-bond acceptors (Lipinski definition) is 7. The van der Waals surface area contributed by atoms with Crippen LogP contribution in [0.5, 0.6) is 0 Å². The fourth-order valence-corrected chi connectivity index (χ4v) is 5.00. The maximum atomic E-state index is 13.0. The molecule has 3 amide bonds. The van der Waals surface area contributed by atoms with Crippen molar-refractivity contribution in [2.24, 2.45) is 5.73 Å². The van der Waals surface area contributed by atoms with E-state index in [1.165, 1.54) is 12.1 Å². The molecule has 2 unspecified atom stereocenters. The zero-order chi connectivity index (χ0) is 23.3. The van der Waals surface area contributed by atoms with Crippen molar-refractivity contribution in [1.82, 2.24) is 10.2 Å². The van der Waals surface area contributed by atoms with E-state index in [0.717, 1.165) is 4.90 Å². The minimum absolute atomic E-state index is 0.100. The normalized spacial score (nSPS) is 18.3. The monoisotopic (exact) mass is 459 g/mol. The summed E-state index contributed by atoms with van der Waals surface area (Å²) in [6.45, 7) is 0.433. The Labute approximate surface area is 186 Å². The van der Waals surface area contributed by atoms with E-state index in [1.54, 1.807) is 42.5 Å². The Hall–Kier alpha value is -3.08. The van der Waals surface area contributed by atoms with E-state index in [4.69, 9.17) is 5.73 Å². The van der Waals surface area contributed by atoms with Crippen LogP contribution < -0.4 is 11.1 Å². The van der Waals surface area contributed by atoms with Gasteiger partial charge in [-0.25, -0.2) is 8.42 Å². The molecule has 3 rings (SSSR count). The largest absolute Gasteiger partial charge is 0.390 e. The molecular formula is C22H25N3O6S. The first-order valence-corrected chi connectivity index (χ1v) is 11.9. The van der Waals surface area contributed by atoms with Crippen molar-refractivity contribution in [3.8, 4) is 0 Å². The summed E-state index contributed by atoms with van der Waals surface area (Å²) in [4.78, 5) is 38.5. The fourth-order valence-electron chi connectivity index (χ4n) is 3.64. The molecule has 0 aromatic heterocycles. The molecule has 0 radical (unpaired) electrons. The molecule has 0 spiro atoms. The zero-order valence-corrected chi connectivity index (χ0v) is 18.1. The number of hydrogen-bond donors (Lipinski definition) is 3. The van der Waals surface area contributed by atoms with Gasteiger partial charge >= 0.3 is 0 Å². The number of aliphatic hydroxyl groups is 1. The molecule has 9 nitrogen and oxygen atoms in total. The van der Waals surface area contributed by atoms with Gasteiger partial charge in [-0.1, -0.05) is 36.4 Å². The second-order valence-electron chi connectivity index (χ2n) is 7.59. The average molecular weight is 460 g/mol. The van der Waals surface area contributed by atoms with Crippen LogP contribution in [0.2, 0.25) is 0 Å². The lowest BCUT2D eigenvalue weighted by Gasteiger charge is -2.29. The number of nitrogens with one attached hydrogen (secondary N) is 1. The van der Waals surface area contributed by atoms with E-state index in [2.05, 4.69) is 5.32 Å². The number of carbonyl (C=O) groups excluding carboxylic acids is 3. The number of amides is 3. The van der Waals surface area contributed by atoms with Crippen molar-refractivity contribution in [2.75, 3.05) is 18.8 Å². The molecule has 2 aromatic carbocycles. The van der Waals surface area contributed by atoms with Crippen LogP contribution in [-0.2, 0) is 20.4 Å². The highest BCUT2D eigenvalue weighted by molar-refractivity contribution is 7.90. The third-order valence-electron chi connectivity index (χ3n) is 5.28. The van der Waals surface area contributed by atoms with Gasteiger partial charge in [0.05, 0.1) is 23.7 Å². The lowest BCUT2D eigenvalue weighted by molar-refractivity contribution is -0.131. The molecule has 4 N–H and O–H groups in total. The smallest absolute Gasteiger partial charge is 0.260 e. The second-order valence-corrected chi connectivity index (χ2v) is 9.78. The van der Waals surface area contributed by atoms with Crippen molar-refractivity contribution < 1.29 is 27.9 Å². The maximum Gasteiger partial charge on any atom is 0.260 e. The Morgan fingerprint density at radius 1 is 1.03 bits per heavy atom. The van der Waals surface area contributed by atoms with Crippen LogP contribution in [0.1, 0.15) is 32.7 Å². The van der Waals surface area contributed by atoms with Crippen LogP contribution in [0.25, 0.3) is 0 Å². The van der Waals surface area contributed by atoms with Crippen LogP contribution in [0.15, 0.2) is 54.6 Å². The molecule has 170 valence electrons. The number of benzene rings is 2. The first kappa shape index (κ1) is 23.6. The lowest BCUT2D eigenvalue weighted by Crippen LogP contribution is -2.50. The quantitative estimate of drug-likeness (QED) is 0.507. The van der Waals surface area contributed by atoms with E-state index in [0.29, 0.717) is 0 Å². The maximum absolute atomic E-state index is 13.0. The molecule has 1 heterocycles. The summed E-state index contributed by atoms with van der Waals surface area (Å²) in [7, 11) is -3.79. The molecule has 1 saturated heterocycles. The van der Waals surface area contributed by atoms with Gasteiger partial charge in [-0.3, -0.25) is 19.3 Å². The highest BCUT2D eigenvalue weighted by Crippen LogP contribution is 2.18. The van der Waals surface area contributed by atoms with E-state index in [9.17, 15) is 27.9 Å². The number of carbonyl (C=O) groups is 3. The number of sulfone groups is 1. The zero-order valence-electron chi connectivity index (χ0n) is 17.3. The van der Waals surface area contributed by atoms with Crippen LogP contribution in [0, 0.1) is 0 Å². The van der Waals surface area contributed by atoms with E-state index in [1.807, 2.05) is 0 Å². The van der Waals surface area contributed by atoms with E-state index in [-0.39, 0.29) is 29.8 Å². The molecule has 1 fully saturated rings. The van der Waals surface area contributed by atoms with Crippen molar-refractivity contribution in [2.45, 2.75) is 24.3 Å². The van der Waals surface area contributed by atoms with Gasteiger partial charge in [0.15, 0.2) is 9.84 Å². The number of β-amino-alcohol motifs (C(OH)–C–C–N with tert-alkyl or cyclic N) is 1. The number of nitrogens with zero attached hydrogens (tertiary/aromatic N) is 1. The molecule has 10 heteroatoms. The molecule has 1 aliphatic rings. The Kier molecular flexibility index (Phi) is 7.39. The predicted octanol–water partition coefficient (Wildman–Crippen LogP) is 0.0921. The number of primary amides is 1. The summed E-state index contributed by atoms with van der Waals surface area (Å²) in [6, 6.07) is 13.4. The summed E-state index contributed by atoms with van der Waals surface area (Å²) in [6.07, 6.45) is -1.39. The van der Waals surface area contributed by atoms with Gasteiger partial charge in [0.1, 0.15) is 0 Å². The molecule has 0 saturated carbocycles. The first-order valence-electron chi connectivity index (χ1n) is 10.1. The third kappa shape index (κ3) is 5.58. The number of aliphatic hydroxyl groups excluding tert-OH is 1. The van der Waals surface area contributed by atoms with Gasteiger partial charge in [-0.2, -0.15) is 0 Å². The SMILES string of the molecule is NC(=O)c1ccccc1CS(=O)(=O)CCC(=O)N(C(=O)c1ccccc1)C1CNCC1O. The standard InChI is InChI=1S/C22H25N3O6S/c23-21(28)17-9-5-4-8-16(17)14-32(30,31)11-10-20(27)25(18-12-24-13-19(18)26)22(29)15-6-2-1-3-7-15/h1-9,18-19,24,26H,10-14H2,(H2,23,28). The van der Waals surface area contributed by atoms with Gasteiger partial charge in [0.25, 0.3) is 5.91 Å². The molecular weight excluding hydrogens is 434 g/mol. The summed E-state index contributed by atoms with van der Waals surface area (Å²) >= 11 is 0. The van der Waals surface area contributed by atoms with Gasteiger partial charge in [0, 0.05) is 30.6 Å². The topological polar surface area (TPSA) is 147 Å². The van der Waals surface area contributed by atoms with Crippen molar-refractivity contribution >= 4 is 27.6 Å². The fraction of sp³-hybridized carbons (Fsp3) is 0.318. The predicted molar refractivity (Wildman–Crippen MR) is 117 cm³/mol. The minimum atomic E-state index is -3.79. The average Bonchev–Trinajstić information content (AvgIpc) is 3.18. The highest BCUT2D eigenvalue weighted by atomic mass is 32.2. The van der Waals surface area contributed by atoms with Gasteiger partial charge in [-0.15, -0.1) is 0 Å². The number of nitrogens with two attached hydrogens (primary N) is 1. The van der Waals surface area contributed by atoms with Crippen molar-refractivity contribution in [3.05, 3.63) is 71.3 Å². The van der Waals surface area contributed by atoms with Crippen LogP contribution in [0.4, 0.5) is 0 Å². The van der Waals surface area contributed by atoms with E-state index >= 15 is 0 Å². The van der Waals surface area contributed by atoms with Gasteiger partial charge in [0.2, 0.25) is 11.8 Å². The lowest BCUT2D eigenvalue weighted by atomic mass is 10.1. The van der Waals surface area contributed by atoms with Crippen LogP contribution in [-0.4, -0.2) is 67.1 Å². The van der Waals surface area contributed by atoms with Crippen molar-refractivity contribution in [3.63, 3.8) is 0 Å². The third-order valence-corrected chi connectivity index (χ3v) is 6.85.